The van der Waals surface area contributed by atoms with E-state index in [1.807, 2.05) is 36.1 Å². The van der Waals surface area contributed by atoms with E-state index in [9.17, 15) is 4.79 Å². The van der Waals surface area contributed by atoms with E-state index in [4.69, 9.17) is 4.74 Å². The highest BCUT2D eigenvalue weighted by Gasteiger charge is 2.23. The Hall–Kier alpha value is -1.80. The van der Waals surface area contributed by atoms with E-state index in [1.54, 1.807) is 7.11 Å². The number of likely N-dealkylation sites (tertiary alicyclic amines) is 1. The molecule has 1 N–H and O–H groups in total. The number of nitrogens with zero attached hydrogens (tertiary/aromatic N) is 3. The predicted octanol–water partition coefficient (Wildman–Crippen LogP) is 3.05. The molecule has 1 saturated heterocycles. The number of piperidine rings is 1. The summed E-state index contributed by atoms with van der Waals surface area (Å²) in [6, 6.07) is 8.17. The van der Waals surface area contributed by atoms with E-state index in [2.05, 4.69) is 15.5 Å². The summed E-state index contributed by atoms with van der Waals surface area (Å²) in [4.78, 5) is 14.4. The summed E-state index contributed by atoms with van der Waals surface area (Å²) in [7, 11) is 1.66. The van der Waals surface area contributed by atoms with Gasteiger partial charge in [0.1, 0.15) is 10.8 Å². The Morgan fingerprint density at radius 3 is 2.88 bits per heavy atom. The molecule has 0 spiro atoms. The smallest absolute Gasteiger partial charge is 0.233 e. The van der Waals surface area contributed by atoms with Crippen LogP contribution in [0.1, 0.15) is 17.8 Å². The molecule has 0 unspecified atom stereocenters. The second-order valence-corrected chi connectivity index (χ2v) is 8.33. The summed E-state index contributed by atoms with van der Waals surface area (Å²) < 4.78 is 6.04. The zero-order valence-electron chi connectivity index (χ0n) is 14.4. The molecule has 0 aliphatic carbocycles. The first-order valence-electron chi connectivity index (χ1n) is 8.25. The van der Waals surface area contributed by atoms with Gasteiger partial charge in [0.15, 0.2) is 4.34 Å². The maximum absolute atomic E-state index is 12.5. The number of aryl methyl sites for hydroxylation is 1. The van der Waals surface area contributed by atoms with E-state index in [0.29, 0.717) is 5.75 Å². The lowest BCUT2D eigenvalue weighted by Crippen LogP contribution is -2.45. The van der Waals surface area contributed by atoms with E-state index in [-0.39, 0.29) is 11.9 Å². The van der Waals surface area contributed by atoms with Crippen molar-refractivity contribution < 1.29 is 9.53 Å². The van der Waals surface area contributed by atoms with Gasteiger partial charge >= 0.3 is 0 Å². The lowest BCUT2D eigenvalue weighted by molar-refractivity contribution is -0.129. The standard InChI is InChI=1S/C17H22N4O2S2/c1-12-19-20-17(25-12)24-11-16(22)21-9-3-4-14(10-21)18-13-5-7-15(23-2)8-6-13/h5-8,14,18H,3-4,9-11H2,1-2H3/t14-/m0/s1. The van der Waals surface area contributed by atoms with Gasteiger partial charge in [0.25, 0.3) is 0 Å². The van der Waals surface area contributed by atoms with E-state index in [1.165, 1.54) is 23.1 Å². The molecule has 0 bridgehead atoms. The van der Waals surface area contributed by atoms with Gasteiger partial charge in [-0.1, -0.05) is 23.1 Å². The molecular formula is C17H22N4O2S2. The second-order valence-electron chi connectivity index (χ2n) is 5.93. The van der Waals surface area contributed by atoms with Crippen LogP contribution in [0.2, 0.25) is 0 Å². The first-order chi connectivity index (χ1) is 12.1. The normalized spacial score (nSPS) is 17.4. The number of benzene rings is 1. The minimum Gasteiger partial charge on any atom is -0.497 e. The largest absolute Gasteiger partial charge is 0.497 e. The number of carbonyl (C=O) groups is 1. The number of aromatic nitrogens is 2. The molecular weight excluding hydrogens is 356 g/mol. The lowest BCUT2D eigenvalue weighted by Gasteiger charge is -2.33. The van der Waals surface area contributed by atoms with Gasteiger partial charge in [0, 0.05) is 24.8 Å². The average Bonchev–Trinajstić information content (AvgIpc) is 3.06. The predicted molar refractivity (Wildman–Crippen MR) is 102 cm³/mol. The van der Waals surface area contributed by atoms with Crippen LogP contribution in [0, 0.1) is 6.92 Å². The van der Waals surface area contributed by atoms with Crippen LogP contribution in [-0.4, -0.2) is 53.0 Å². The van der Waals surface area contributed by atoms with Crippen molar-refractivity contribution in [3.8, 4) is 5.75 Å². The average molecular weight is 379 g/mol. The molecule has 0 radical (unpaired) electrons. The molecule has 134 valence electrons. The Kier molecular flexibility index (Phi) is 6.14. The number of anilines is 1. The number of methoxy groups -OCH3 is 1. The van der Waals surface area contributed by atoms with Gasteiger partial charge in [0.2, 0.25) is 5.91 Å². The molecule has 1 aromatic carbocycles. The zero-order chi connectivity index (χ0) is 17.6. The highest BCUT2D eigenvalue weighted by Crippen LogP contribution is 2.23. The number of carbonyl (C=O) groups excluding carboxylic acids is 1. The molecule has 6 nitrogen and oxygen atoms in total. The summed E-state index contributed by atoms with van der Waals surface area (Å²) in [5.74, 6) is 1.43. The number of rotatable bonds is 6. The fourth-order valence-corrected chi connectivity index (χ4v) is 4.51. The Morgan fingerprint density at radius 2 is 2.20 bits per heavy atom. The molecule has 0 saturated carbocycles. The number of thioether (sulfide) groups is 1. The topological polar surface area (TPSA) is 67.3 Å². The molecule has 1 aliphatic rings. The summed E-state index contributed by atoms with van der Waals surface area (Å²) >= 11 is 3.00. The number of hydrogen-bond donors (Lipinski definition) is 1. The van der Waals surface area contributed by atoms with Crippen LogP contribution in [0.5, 0.6) is 5.75 Å². The molecule has 8 heteroatoms. The van der Waals surface area contributed by atoms with Crippen LogP contribution in [0.4, 0.5) is 5.69 Å². The quantitative estimate of drug-likeness (QED) is 0.780. The third-order valence-electron chi connectivity index (χ3n) is 4.06. The van der Waals surface area contributed by atoms with E-state index >= 15 is 0 Å². The van der Waals surface area contributed by atoms with Gasteiger partial charge in [-0.2, -0.15) is 0 Å². The fraction of sp³-hybridized carbons (Fsp3) is 0.471. The molecule has 25 heavy (non-hydrogen) atoms. The molecule has 1 aromatic heterocycles. The molecule has 1 fully saturated rings. The summed E-state index contributed by atoms with van der Waals surface area (Å²) in [5, 5.41) is 12.5. The van der Waals surface area contributed by atoms with Crippen molar-refractivity contribution in [3.63, 3.8) is 0 Å². The van der Waals surface area contributed by atoms with Crippen molar-refractivity contribution in [2.24, 2.45) is 0 Å². The van der Waals surface area contributed by atoms with Crippen LogP contribution >= 0.6 is 23.1 Å². The minimum atomic E-state index is 0.166. The van der Waals surface area contributed by atoms with Crippen molar-refractivity contribution in [1.82, 2.24) is 15.1 Å². The highest BCUT2D eigenvalue weighted by atomic mass is 32.2. The summed E-state index contributed by atoms with van der Waals surface area (Å²) in [6.45, 7) is 3.49. The van der Waals surface area contributed by atoms with Crippen LogP contribution < -0.4 is 10.1 Å². The Labute approximate surface area is 156 Å². The molecule has 2 aromatic rings. The summed E-state index contributed by atoms with van der Waals surface area (Å²) in [6.07, 6.45) is 2.08. The first-order valence-corrected chi connectivity index (χ1v) is 10.1. The Balaban J connectivity index is 1.50. The zero-order valence-corrected chi connectivity index (χ0v) is 16.0. The SMILES string of the molecule is COc1ccc(N[C@H]2CCCN(C(=O)CSc3nnc(C)s3)C2)cc1. The molecule has 3 rings (SSSR count). The Morgan fingerprint density at radius 1 is 1.40 bits per heavy atom. The van der Waals surface area contributed by atoms with Crippen molar-refractivity contribution in [3.05, 3.63) is 29.3 Å². The number of nitrogens with one attached hydrogen (secondary N) is 1. The van der Waals surface area contributed by atoms with E-state index in [0.717, 1.165) is 46.7 Å². The maximum atomic E-state index is 12.5. The molecule has 2 heterocycles. The molecule has 1 atom stereocenters. The van der Waals surface area contributed by atoms with Crippen LogP contribution in [-0.2, 0) is 4.79 Å². The van der Waals surface area contributed by atoms with Crippen LogP contribution in [0.3, 0.4) is 0 Å². The number of hydrogen-bond acceptors (Lipinski definition) is 7. The maximum Gasteiger partial charge on any atom is 0.233 e. The van der Waals surface area contributed by atoms with Gasteiger partial charge < -0.3 is 15.0 Å². The van der Waals surface area contributed by atoms with Crippen molar-refractivity contribution in [2.75, 3.05) is 31.3 Å². The van der Waals surface area contributed by atoms with Crippen molar-refractivity contribution in [2.45, 2.75) is 30.1 Å². The second kappa shape index (κ2) is 8.53. The van der Waals surface area contributed by atoms with Gasteiger partial charge in [-0.05, 0) is 44.0 Å². The minimum absolute atomic E-state index is 0.166. The van der Waals surface area contributed by atoms with Crippen LogP contribution in [0.25, 0.3) is 0 Å². The third kappa shape index (κ3) is 5.09. The van der Waals surface area contributed by atoms with Gasteiger partial charge in [-0.15, -0.1) is 10.2 Å². The van der Waals surface area contributed by atoms with Crippen molar-refractivity contribution >= 4 is 34.7 Å². The fourth-order valence-electron chi connectivity index (χ4n) is 2.80. The first kappa shape index (κ1) is 18.0. The summed E-state index contributed by atoms with van der Waals surface area (Å²) in [5.41, 5.74) is 1.05. The van der Waals surface area contributed by atoms with E-state index < -0.39 is 0 Å². The van der Waals surface area contributed by atoms with Crippen molar-refractivity contribution in [1.29, 1.82) is 0 Å². The molecule has 1 aliphatic heterocycles. The third-order valence-corrected chi connectivity index (χ3v) is 6.02. The molecule has 1 amide bonds. The van der Waals surface area contributed by atoms with Gasteiger partial charge in [-0.3, -0.25) is 4.79 Å². The number of amides is 1. The van der Waals surface area contributed by atoms with Crippen LogP contribution in [0.15, 0.2) is 28.6 Å². The number of ether oxygens (including phenoxy) is 1. The monoisotopic (exact) mass is 378 g/mol. The van der Waals surface area contributed by atoms with Gasteiger partial charge in [0.05, 0.1) is 12.9 Å². The van der Waals surface area contributed by atoms with Gasteiger partial charge in [-0.25, -0.2) is 0 Å². The highest BCUT2D eigenvalue weighted by molar-refractivity contribution is 8.01. The lowest BCUT2D eigenvalue weighted by atomic mass is 10.1. The Bertz CT molecular complexity index is 705.